The molecule has 0 aromatic heterocycles. The smallest absolute Gasteiger partial charge is 0.142 e. The fourth-order valence-electron chi connectivity index (χ4n) is 2.17. The van der Waals surface area contributed by atoms with Gasteiger partial charge in [0.1, 0.15) is 11.5 Å². The summed E-state index contributed by atoms with van der Waals surface area (Å²) in [6.45, 7) is 0. The van der Waals surface area contributed by atoms with E-state index in [9.17, 15) is 5.11 Å². The molecule has 0 amide bonds. The first-order chi connectivity index (χ1) is 7.79. The first-order valence-corrected chi connectivity index (χ1v) is 5.97. The maximum absolute atomic E-state index is 9.68. The minimum atomic E-state index is 0.246. The van der Waals surface area contributed by atoms with Crippen molar-refractivity contribution in [1.29, 1.82) is 0 Å². The average molecular weight is 221 g/mol. The number of hydrogen-bond donors (Lipinski definition) is 2. The molecule has 0 heterocycles. The van der Waals surface area contributed by atoms with Crippen LogP contribution in [0.5, 0.6) is 11.5 Å². The van der Waals surface area contributed by atoms with Crippen LogP contribution in [-0.2, 0) is 0 Å². The minimum Gasteiger partial charge on any atom is -0.506 e. The second kappa shape index (κ2) is 5.10. The molecule has 16 heavy (non-hydrogen) atoms. The van der Waals surface area contributed by atoms with Gasteiger partial charge in [-0.25, -0.2) is 0 Å². The van der Waals surface area contributed by atoms with Gasteiger partial charge in [0.2, 0.25) is 0 Å². The van der Waals surface area contributed by atoms with E-state index < -0.39 is 0 Å². The number of anilines is 1. The monoisotopic (exact) mass is 221 g/mol. The number of nitrogens with one attached hydrogen (secondary N) is 1. The molecule has 88 valence electrons. The Bertz CT molecular complexity index is 346. The summed E-state index contributed by atoms with van der Waals surface area (Å²) >= 11 is 0. The number of rotatable bonds is 3. The third-order valence-electron chi connectivity index (χ3n) is 3.09. The molecule has 1 aromatic rings. The molecule has 0 atom stereocenters. The summed E-state index contributed by atoms with van der Waals surface area (Å²) in [7, 11) is 1.79. The molecule has 1 fully saturated rings. The van der Waals surface area contributed by atoms with Crippen LogP contribution in [0.2, 0.25) is 0 Å². The standard InChI is InChI=1S/C13H19NO2/c1-14-12-8-7-11(9-13(12)15)16-10-5-3-2-4-6-10/h7-10,14-15H,2-6H2,1H3. The highest BCUT2D eigenvalue weighted by Gasteiger charge is 2.15. The number of phenolic OH excluding ortho intramolecular Hbond substituents is 1. The Labute approximate surface area is 96.4 Å². The zero-order valence-corrected chi connectivity index (χ0v) is 9.70. The van der Waals surface area contributed by atoms with Crippen LogP contribution in [0, 0.1) is 0 Å². The van der Waals surface area contributed by atoms with Crippen LogP contribution in [0.3, 0.4) is 0 Å². The number of aromatic hydroxyl groups is 1. The van der Waals surface area contributed by atoms with Crippen molar-refractivity contribution >= 4 is 5.69 Å². The van der Waals surface area contributed by atoms with Crippen molar-refractivity contribution in [2.75, 3.05) is 12.4 Å². The molecule has 1 aliphatic carbocycles. The molecule has 1 saturated carbocycles. The zero-order valence-electron chi connectivity index (χ0n) is 9.70. The topological polar surface area (TPSA) is 41.5 Å². The van der Waals surface area contributed by atoms with Crippen LogP contribution in [0.4, 0.5) is 5.69 Å². The Balaban J connectivity index is 2.01. The molecule has 3 heteroatoms. The Kier molecular flexibility index (Phi) is 3.54. The molecular weight excluding hydrogens is 202 g/mol. The third-order valence-corrected chi connectivity index (χ3v) is 3.09. The van der Waals surface area contributed by atoms with Crippen LogP contribution in [0.1, 0.15) is 32.1 Å². The van der Waals surface area contributed by atoms with Gasteiger partial charge in [0.25, 0.3) is 0 Å². The van der Waals surface area contributed by atoms with Gasteiger partial charge in [0.05, 0.1) is 11.8 Å². The quantitative estimate of drug-likeness (QED) is 0.770. The van der Waals surface area contributed by atoms with Crippen LogP contribution in [0.15, 0.2) is 18.2 Å². The molecule has 0 saturated heterocycles. The van der Waals surface area contributed by atoms with Crippen molar-refractivity contribution in [3.63, 3.8) is 0 Å². The largest absolute Gasteiger partial charge is 0.506 e. The van der Waals surface area contributed by atoms with Crippen molar-refractivity contribution in [3.8, 4) is 11.5 Å². The van der Waals surface area contributed by atoms with E-state index in [1.807, 2.05) is 12.1 Å². The number of ether oxygens (including phenoxy) is 1. The van der Waals surface area contributed by atoms with Crippen molar-refractivity contribution in [2.45, 2.75) is 38.2 Å². The first-order valence-electron chi connectivity index (χ1n) is 5.97. The highest BCUT2D eigenvalue weighted by Crippen LogP contribution is 2.30. The fourth-order valence-corrected chi connectivity index (χ4v) is 2.17. The summed E-state index contributed by atoms with van der Waals surface area (Å²) in [5, 5.41) is 12.6. The van der Waals surface area contributed by atoms with Crippen molar-refractivity contribution in [1.82, 2.24) is 0 Å². The molecule has 0 spiro atoms. The molecule has 1 aliphatic rings. The van der Waals surface area contributed by atoms with Gasteiger partial charge in [-0.3, -0.25) is 0 Å². The van der Waals surface area contributed by atoms with E-state index in [0.29, 0.717) is 6.10 Å². The van der Waals surface area contributed by atoms with E-state index in [1.165, 1.54) is 19.3 Å². The Hall–Kier alpha value is -1.38. The van der Waals surface area contributed by atoms with Gasteiger partial charge in [0, 0.05) is 13.1 Å². The number of phenols is 1. The lowest BCUT2D eigenvalue weighted by atomic mass is 9.98. The lowest BCUT2D eigenvalue weighted by Gasteiger charge is -2.23. The molecule has 2 rings (SSSR count). The van der Waals surface area contributed by atoms with Crippen molar-refractivity contribution in [2.24, 2.45) is 0 Å². The molecular formula is C13H19NO2. The van der Waals surface area contributed by atoms with Crippen molar-refractivity contribution in [3.05, 3.63) is 18.2 Å². The van der Waals surface area contributed by atoms with E-state index in [-0.39, 0.29) is 5.75 Å². The fraction of sp³-hybridized carbons (Fsp3) is 0.538. The molecule has 3 nitrogen and oxygen atoms in total. The maximum atomic E-state index is 9.68. The second-order valence-electron chi connectivity index (χ2n) is 4.31. The van der Waals surface area contributed by atoms with E-state index in [0.717, 1.165) is 24.3 Å². The predicted octanol–water partition coefficient (Wildman–Crippen LogP) is 3.15. The van der Waals surface area contributed by atoms with Gasteiger partial charge >= 0.3 is 0 Å². The highest BCUT2D eigenvalue weighted by molar-refractivity contribution is 5.57. The molecule has 0 unspecified atom stereocenters. The van der Waals surface area contributed by atoms with Crippen LogP contribution < -0.4 is 10.1 Å². The minimum absolute atomic E-state index is 0.246. The Morgan fingerprint density at radius 1 is 1.25 bits per heavy atom. The van der Waals surface area contributed by atoms with Gasteiger partial charge < -0.3 is 15.2 Å². The van der Waals surface area contributed by atoms with Crippen LogP contribution in [-0.4, -0.2) is 18.3 Å². The maximum Gasteiger partial charge on any atom is 0.142 e. The molecule has 2 N–H and O–H groups in total. The SMILES string of the molecule is CNc1ccc(OC2CCCCC2)cc1O. The molecule has 0 aliphatic heterocycles. The number of benzene rings is 1. The zero-order chi connectivity index (χ0) is 11.4. The lowest BCUT2D eigenvalue weighted by Crippen LogP contribution is -2.19. The second-order valence-corrected chi connectivity index (χ2v) is 4.31. The lowest BCUT2D eigenvalue weighted by molar-refractivity contribution is 0.154. The molecule has 0 bridgehead atoms. The summed E-state index contributed by atoms with van der Waals surface area (Å²) in [4.78, 5) is 0. The predicted molar refractivity (Wildman–Crippen MR) is 65.2 cm³/mol. The third kappa shape index (κ3) is 2.60. The Morgan fingerprint density at radius 3 is 2.62 bits per heavy atom. The summed E-state index contributed by atoms with van der Waals surface area (Å²) in [5.74, 6) is 1.01. The van der Waals surface area contributed by atoms with Crippen molar-refractivity contribution < 1.29 is 9.84 Å². The normalized spacial score (nSPS) is 17.1. The van der Waals surface area contributed by atoms with Gasteiger partial charge in [-0.1, -0.05) is 6.42 Å². The summed E-state index contributed by atoms with van der Waals surface area (Å²) in [6.07, 6.45) is 6.43. The van der Waals surface area contributed by atoms with E-state index in [4.69, 9.17) is 4.74 Å². The van der Waals surface area contributed by atoms with E-state index in [1.54, 1.807) is 13.1 Å². The van der Waals surface area contributed by atoms with Gasteiger partial charge in [0.15, 0.2) is 0 Å². The molecule has 0 radical (unpaired) electrons. The summed E-state index contributed by atoms with van der Waals surface area (Å²) in [5.41, 5.74) is 0.732. The Morgan fingerprint density at radius 2 is 2.00 bits per heavy atom. The summed E-state index contributed by atoms with van der Waals surface area (Å²) < 4.78 is 5.85. The van der Waals surface area contributed by atoms with Gasteiger partial charge in [-0.15, -0.1) is 0 Å². The number of hydrogen-bond acceptors (Lipinski definition) is 3. The summed E-state index contributed by atoms with van der Waals surface area (Å²) in [6, 6.07) is 5.42. The first kappa shape index (κ1) is 11.1. The van der Waals surface area contributed by atoms with E-state index >= 15 is 0 Å². The van der Waals surface area contributed by atoms with Gasteiger partial charge in [-0.2, -0.15) is 0 Å². The van der Waals surface area contributed by atoms with Gasteiger partial charge in [-0.05, 0) is 37.8 Å². The highest BCUT2D eigenvalue weighted by atomic mass is 16.5. The van der Waals surface area contributed by atoms with Crippen LogP contribution in [0.25, 0.3) is 0 Å². The van der Waals surface area contributed by atoms with E-state index in [2.05, 4.69) is 5.32 Å². The molecule has 1 aromatic carbocycles. The van der Waals surface area contributed by atoms with Crippen LogP contribution >= 0.6 is 0 Å². The average Bonchev–Trinajstić information content (AvgIpc) is 2.31.